The topological polar surface area (TPSA) is 58.3 Å². The molecule has 0 atom stereocenters. The largest absolute Gasteiger partial charge is 0.367 e. The summed E-state index contributed by atoms with van der Waals surface area (Å²) < 4.78 is 1.69. The first-order chi connectivity index (χ1) is 9.26. The third-order valence-corrected chi connectivity index (χ3v) is 3.80. The van der Waals surface area contributed by atoms with Crippen LogP contribution in [0, 0.1) is 0 Å². The number of nitrogens with zero attached hydrogens (tertiary/aromatic N) is 5. The second-order valence-electron chi connectivity index (χ2n) is 4.79. The summed E-state index contributed by atoms with van der Waals surface area (Å²) in [5.41, 5.74) is 0. The van der Waals surface area contributed by atoms with Gasteiger partial charge in [0.05, 0.1) is 0 Å². The number of nitrogens with one attached hydrogen (secondary N) is 1. The average molecular weight is 281 g/mol. The monoisotopic (exact) mass is 280 g/mol. The fourth-order valence-electron chi connectivity index (χ4n) is 2.49. The van der Waals surface area contributed by atoms with E-state index in [1.165, 1.54) is 6.33 Å². The van der Waals surface area contributed by atoms with Gasteiger partial charge in [0.2, 0.25) is 0 Å². The zero-order valence-electron chi connectivity index (χ0n) is 10.9. The van der Waals surface area contributed by atoms with Gasteiger partial charge in [-0.05, 0) is 19.4 Å². The molecule has 0 unspecified atom stereocenters. The highest BCUT2D eigenvalue weighted by atomic mass is 35.5. The molecular weight excluding hydrogens is 264 g/mol. The molecule has 1 aliphatic heterocycles. The van der Waals surface area contributed by atoms with E-state index in [0.29, 0.717) is 17.0 Å². The third-order valence-electron chi connectivity index (χ3n) is 3.61. The Morgan fingerprint density at radius 1 is 1.42 bits per heavy atom. The Balaban J connectivity index is 1.76. The minimum atomic E-state index is 0.439. The second-order valence-corrected chi connectivity index (χ2v) is 5.18. The molecule has 1 aliphatic rings. The van der Waals surface area contributed by atoms with Gasteiger partial charge in [0.25, 0.3) is 5.78 Å². The summed E-state index contributed by atoms with van der Waals surface area (Å²) >= 11 is 6.00. The second kappa shape index (κ2) is 5.30. The minimum Gasteiger partial charge on any atom is -0.367 e. The Labute approximate surface area is 116 Å². The van der Waals surface area contributed by atoms with E-state index in [4.69, 9.17) is 11.6 Å². The van der Waals surface area contributed by atoms with Gasteiger partial charge in [-0.2, -0.15) is 19.6 Å². The zero-order valence-corrected chi connectivity index (χ0v) is 11.6. The smallest absolute Gasteiger partial charge is 0.255 e. The molecule has 0 aromatic carbocycles. The molecule has 0 spiro atoms. The molecule has 0 radical (unpaired) electrons. The summed E-state index contributed by atoms with van der Waals surface area (Å²) in [5, 5.41) is 8.11. The lowest BCUT2D eigenvalue weighted by Crippen LogP contribution is -2.39. The van der Waals surface area contributed by atoms with Crippen molar-refractivity contribution >= 4 is 23.2 Å². The van der Waals surface area contributed by atoms with Crippen molar-refractivity contribution in [2.75, 3.05) is 25.0 Å². The zero-order chi connectivity index (χ0) is 13.2. The van der Waals surface area contributed by atoms with Crippen LogP contribution in [0.15, 0.2) is 12.4 Å². The molecule has 2 aromatic heterocycles. The van der Waals surface area contributed by atoms with Gasteiger partial charge < -0.3 is 10.2 Å². The number of halogens is 1. The van der Waals surface area contributed by atoms with Crippen molar-refractivity contribution in [3.05, 3.63) is 17.5 Å². The van der Waals surface area contributed by atoms with Crippen LogP contribution < -0.4 is 5.32 Å². The predicted molar refractivity (Wildman–Crippen MR) is 74.6 cm³/mol. The van der Waals surface area contributed by atoms with E-state index in [2.05, 4.69) is 32.2 Å². The van der Waals surface area contributed by atoms with Crippen molar-refractivity contribution in [3.8, 4) is 0 Å². The highest BCUT2D eigenvalue weighted by molar-refractivity contribution is 6.29. The van der Waals surface area contributed by atoms with E-state index < -0.39 is 0 Å². The number of hydrogen-bond acceptors (Lipinski definition) is 5. The Kier molecular flexibility index (Phi) is 3.52. The first kappa shape index (κ1) is 12.6. The molecule has 2 aromatic rings. The SMILES string of the molecule is CCN1CCC(Nc2cc(Cl)nc3ncnn23)CC1. The highest BCUT2D eigenvalue weighted by Crippen LogP contribution is 2.19. The molecular formula is C12H17ClN6. The normalized spacial score (nSPS) is 18.0. The molecule has 0 aliphatic carbocycles. The van der Waals surface area contributed by atoms with Crippen molar-refractivity contribution in [1.82, 2.24) is 24.5 Å². The fourth-order valence-corrected chi connectivity index (χ4v) is 2.67. The average Bonchev–Trinajstić information content (AvgIpc) is 2.88. The van der Waals surface area contributed by atoms with Gasteiger partial charge in [-0.15, -0.1) is 0 Å². The van der Waals surface area contributed by atoms with Crippen LogP contribution in [0.1, 0.15) is 19.8 Å². The highest BCUT2D eigenvalue weighted by Gasteiger charge is 2.19. The fraction of sp³-hybridized carbons (Fsp3) is 0.583. The van der Waals surface area contributed by atoms with Gasteiger partial charge in [-0.1, -0.05) is 18.5 Å². The van der Waals surface area contributed by atoms with Crippen LogP contribution in [0.5, 0.6) is 0 Å². The van der Waals surface area contributed by atoms with Crippen molar-refractivity contribution in [2.45, 2.75) is 25.8 Å². The Hall–Kier alpha value is -1.40. The molecule has 6 nitrogen and oxygen atoms in total. The van der Waals surface area contributed by atoms with Crippen LogP contribution in [0.25, 0.3) is 5.78 Å². The molecule has 1 fully saturated rings. The van der Waals surface area contributed by atoms with E-state index in [1.807, 2.05) is 0 Å². The summed E-state index contributed by atoms with van der Waals surface area (Å²) in [7, 11) is 0. The van der Waals surface area contributed by atoms with Crippen LogP contribution in [0.4, 0.5) is 5.82 Å². The molecule has 0 bridgehead atoms. The molecule has 0 amide bonds. The van der Waals surface area contributed by atoms with Gasteiger partial charge in [-0.3, -0.25) is 0 Å². The molecule has 102 valence electrons. The molecule has 1 N–H and O–H groups in total. The van der Waals surface area contributed by atoms with Gasteiger partial charge in [0.1, 0.15) is 17.3 Å². The van der Waals surface area contributed by atoms with Crippen molar-refractivity contribution in [1.29, 1.82) is 0 Å². The van der Waals surface area contributed by atoms with Crippen LogP contribution in [0.3, 0.4) is 0 Å². The predicted octanol–water partition coefficient (Wildman–Crippen LogP) is 1.67. The standard InChI is InChI=1S/C12H17ClN6/c1-2-18-5-3-9(4-6-18)16-11-7-10(13)17-12-14-8-15-19(11)12/h7-9,16H,2-6H2,1H3. The van der Waals surface area contributed by atoms with Crippen molar-refractivity contribution in [2.24, 2.45) is 0 Å². The number of hydrogen-bond donors (Lipinski definition) is 1. The summed E-state index contributed by atoms with van der Waals surface area (Å²) in [6.07, 6.45) is 3.75. The third kappa shape index (κ3) is 2.64. The van der Waals surface area contributed by atoms with Crippen LogP contribution in [-0.4, -0.2) is 50.2 Å². The molecule has 1 saturated heterocycles. The van der Waals surface area contributed by atoms with Gasteiger partial charge in [0.15, 0.2) is 0 Å². The molecule has 19 heavy (non-hydrogen) atoms. The Bertz CT molecular complexity index is 560. The Morgan fingerprint density at radius 2 is 2.21 bits per heavy atom. The number of piperidine rings is 1. The summed E-state index contributed by atoms with van der Waals surface area (Å²) in [5.74, 6) is 1.39. The Morgan fingerprint density at radius 3 is 2.95 bits per heavy atom. The van der Waals surface area contributed by atoms with Crippen molar-refractivity contribution in [3.63, 3.8) is 0 Å². The first-order valence-electron chi connectivity index (χ1n) is 6.61. The van der Waals surface area contributed by atoms with E-state index in [0.717, 1.165) is 38.3 Å². The number of likely N-dealkylation sites (tertiary alicyclic amines) is 1. The maximum Gasteiger partial charge on any atom is 0.255 e. The van der Waals surface area contributed by atoms with Gasteiger partial charge in [-0.25, -0.2) is 0 Å². The lowest BCUT2D eigenvalue weighted by molar-refractivity contribution is 0.229. The van der Waals surface area contributed by atoms with E-state index >= 15 is 0 Å². The first-order valence-corrected chi connectivity index (χ1v) is 6.99. The maximum atomic E-state index is 6.00. The van der Waals surface area contributed by atoms with E-state index in [1.54, 1.807) is 10.6 Å². The number of rotatable bonds is 3. The molecule has 0 saturated carbocycles. The number of fused-ring (bicyclic) bond motifs is 1. The van der Waals surface area contributed by atoms with Gasteiger partial charge >= 0.3 is 0 Å². The molecule has 3 rings (SSSR count). The number of anilines is 1. The van der Waals surface area contributed by atoms with Crippen molar-refractivity contribution < 1.29 is 0 Å². The summed E-state index contributed by atoms with van der Waals surface area (Å²) in [6.45, 7) is 5.59. The number of aromatic nitrogens is 4. The maximum absolute atomic E-state index is 6.00. The van der Waals surface area contributed by atoms with E-state index in [-0.39, 0.29) is 0 Å². The molecule has 3 heterocycles. The summed E-state index contributed by atoms with van der Waals surface area (Å²) in [4.78, 5) is 10.6. The minimum absolute atomic E-state index is 0.439. The quantitative estimate of drug-likeness (QED) is 0.867. The lowest BCUT2D eigenvalue weighted by atomic mass is 10.1. The van der Waals surface area contributed by atoms with E-state index in [9.17, 15) is 0 Å². The van der Waals surface area contributed by atoms with Crippen LogP contribution >= 0.6 is 11.6 Å². The summed E-state index contributed by atoms with van der Waals surface area (Å²) in [6, 6.07) is 2.25. The lowest BCUT2D eigenvalue weighted by Gasteiger charge is -2.31. The van der Waals surface area contributed by atoms with Gasteiger partial charge in [0, 0.05) is 25.2 Å². The van der Waals surface area contributed by atoms with Crippen LogP contribution in [-0.2, 0) is 0 Å². The molecule has 7 heteroatoms. The van der Waals surface area contributed by atoms with Crippen LogP contribution in [0.2, 0.25) is 5.15 Å².